The molecule has 0 aliphatic carbocycles. The summed E-state index contributed by atoms with van der Waals surface area (Å²) >= 11 is 0. The van der Waals surface area contributed by atoms with Crippen LogP contribution in [0.1, 0.15) is 11.1 Å². The number of nitrogens with two attached hydrogens (primary N) is 1. The fraction of sp³-hybridized carbons (Fsp3) is 0.250. The van der Waals surface area contributed by atoms with Gasteiger partial charge in [0.05, 0.1) is 0 Å². The van der Waals surface area contributed by atoms with E-state index in [1.165, 1.54) is 0 Å². The molecular weight excluding hydrogens is 246 g/mol. The monoisotopic (exact) mass is 259 g/mol. The van der Waals surface area contributed by atoms with Crippen molar-refractivity contribution in [1.29, 1.82) is 0 Å². The number of nitrogens with one attached hydrogen (secondary N) is 2. The minimum atomic E-state index is -0.601. The summed E-state index contributed by atoms with van der Waals surface area (Å²) in [6.45, 7) is 1.20. The van der Waals surface area contributed by atoms with Crippen LogP contribution in [0.5, 0.6) is 0 Å². The van der Waals surface area contributed by atoms with Crippen molar-refractivity contribution in [3.05, 3.63) is 50.2 Å². The van der Waals surface area contributed by atoms with Crippen LogP contribution in [-0.2, 0) is 13.0 Å². The van der Waals surface area contributed by atoms with Crippen molar-refractivity contribution < 1.29 is 0 Å². The molecule has 7 heteroatoms. The molecule has 2 heterocycles. The molecule has 0 amide bonds. The Morgan fingerprint density at radius 3 is 2.95 bits per heavy atom. The molecule has 0 bridgehead atoms. The number of anilines is 2. The summed E-state index contributed by atoms with van der Waals surface area (Å²) in [5.41, 5.74) is 7.83. The third-order valence-corrected chi connectivity index (χ3v) is 3.30. The molecular formula is C12H13N5O2. The van der Waals surface area contributed by atoms with Gasteiger partial charge in [-0.15, -0.1) is 5.10 Å². The summed E-state index contributed by atoms with van der Waals surface area (Å²) < 4.78 is 0. The van der Waals surface area contributed by atoms with E-state index < -0.39 is 11.2 Å². The Kier molecular flexibility index (Phi) is 2.59. The number of aromatic nitrogens is 3. The SMILES string of the molecule is Nc1cccc2c1CCN(c1n[nH]c(=O)[nH]c1=O)C2. The molecule has 98 valence electrons. The Balaban J connectivity index is 1.98. The van der Waals surface area contributed by atoms with E-state index in [9.17, 15) is 9.59 Å². The predicted molar refractivity (Wildman–Crippen MR) is 71.1 cm³/mol. The Hall–Kier alpha value is -2.57. The molecule has 1 aromatic carbocycles. The quantitative estimate of drug-likeness (QED) is 0.604. The van der Waals surface area contributed by atoms with E-state index in [0.717, 1.165) is 23.2 Å². The number of rotatable bonds is 1. The molecule has 1 aliphatic heterocycles. The van der Waals surface area contributed by atoms with Crippen LogP contribution in [0.3, 0.4) is 0 Å². The van der Waals surface area contributed by atoms with Crippen LogP contribution in [-0.4, -0.2) is 21.7 Å². The molecule has 2 aromatic rings. The van der Waals surface area contributed by atoms with Gasteiger partial charge in [-0.1, -0.05) is 12.1 Å². The molecule has 4 N–H and O–H groups in total. The third kappa shape index (κ3) is 1.99. The lowest BCUT2D eigenvalue weighted by molar-refractivity contribution is 0.699. The maximum atomic E-state index is 11.7. The van der Waals surface area contributed by atoms with E-state index in [0.29, 0.717) is 13.1 Å². The average Bonchev–Trinajstić information content (AvgIpc) is 2.38. The molecule has 0 spiro atoms. The maximum absolute atomic E-state index is 11.7. The summed E-state index contributed by atoms with van der Waals surface area (Å²) in [5, 5.41) is 6.06. The van der Waals surface area contributed by atoms with Gasteiger partial charge in [0.25, 0.3) is 5.56 Å². The minimum absolute atomic E-state index is 0.229. The predicted octanol–water partition coefficient (Wildman–Crippen LogP) is -0.397. The minimum Gasteiger partial charge on any atom is -0.398 e. The van der Waals surface area contributed by atoms with Gasteiger partial charge in [0, 0.05) is 18.8 Å². The van der Waals surface area contributed by atoms with Crippen LogP contribution in [0.15, 0.2) is 27.8 Å². The second-order valence-electron chi connectivity index (χ2n) is 4.49. The summed E-state index contributed by atoms with van der Waals surface area (Å²) in [6, 6.07) is 5.75. The van der Waals surface area contributed by atoms with E-state index in [1.54, 1.807) is 0 Å². The maximum Gasteiger partial charge on any atom is 0.342 e. The van der Waals surface area contributed by atoms with Crippen LogP contribution < -0.4 is 21.9 Å². The first-order valence-corrected chi connectivity index (χ1v) is 5.95. The molecule has 0 atom stereocenters. The summed E-state index contributed by atoms with van der Waals surface area (Å²) in [4.78, 5) is 26.7. The van der Waals surface area contributed by atoms with Gasteiger partial charge in [-0.25, -0.2) is 9.89 Å². The average molecular weight is 259 g/mol. The van der Waals surface area contributed by atoms with Gasteiger partial charge in [-0.2, -0.15) is 0 Å². The standard InChI is InChI=1S/C12H13N5O2/c13-9-3-1-2-7-6-17(5-4-8(7)9)10-11(18)14-12(19)16-15-10/h1-3H,4-6,13H2,(H2,14,16,18,19). The highest BCUT2D eigenvalue weighted by molar-refractivity contribution is 5.54. The lowest BCUT2D eigenvalue weighted by Gasteiger charge is -2.29. The van der Waals surface area contributed by atoms with E-state index >= 15 is 0 Å². The topological polar surface area (TPSA) is 108 Å². The first-order valence-electron chi connectivity index (χ1n) is 5.95. The second kappa shape index (κ2) is 4.27. The van der Waals surface area contributed by atoms with Crippen molar-refractivity contribution in [2.75, 3.05) is 17.2 Å². The number of benzene rings is 1. The van der Waals surface area contributed by atoms with Crippen molar-refractivity contribution in [3.63, 3.8) is 0 Å². The molecule has 3 rings (SSSR count). The van der Waals surface area contributed by atoms with Crippen molar-refractivity contribution in [3.8, 4) is 0 Å². The summed E-state index contributed by atoms with van der Waals surface area (Å²) in [7, 11) is 0. The molecule has 1 aromatic heterocycles. The number of aromatic amines is 2. The van der Waals surface area contributed by atoms with Crippen LogP contribution >= 0.6 is 0 Å². The van der Waals surface area contributed by atoms with Crippen LogP contribution in [0, 0.1) is 0 Å². The summed E-state index contributed by atoms with van der Waals surface area (Å²) in [6.07, 6.45) is 0.752. The number of hydrogen-bond donors (Lipinski definition) is 3. The van der Waals surface area contributed by atoms with Gasteiger partial charge >= 0.3 is 5.69 Å². The van der Waals surface area contributed by atoms with Gasteiger partial charge in [-0.3, -0.25) is 9.78 Å². The van der Waals surface area contributed by atoms with Gasteiger partial charge in [0.2, 0.25) is 5.82 Å². The smallest absolute Gasteiger partial charge is 0.342 e. The van der Waals surface area contributed by atoms with E-state index in [2.05, 4.69) is 15.2 Å². The first-order chi connectivity index (χ1) is 9.15. The molecule has 19 heavy (non-hydrogen) atoms. The Bertz CT molecular complexity index is 733. The third-order valence-electron chi connectivity index (χ3n) is 3.30. The van der Waals surface area contributed by atoms with Crippen molar-refractivity contribution in [2.45, 2.75) is 13.0 Å². The number of nitrogens with zero attached hydrogens (tertiary/aromatic N) is 2. The Morgan fingerprint density at radius 1 is 1.32 bits per heavy atom. The zero-order valence-corrected chi connectivity index (χ0v) is 10.1. The summed E-state index contributed by atoms with van der Waals surface area (Å²) in [5.74, 6) is 0.229. The Labute approximate surface area is 108 Å². The van der Waals surface area contributed by atoms with Gasteiger partial charge in [-0.05, 0) is 23.6 Å². The zero-order valence-electron chi connectivity index (χ0n) is 10.1. The fourth-order valence-electron chi connectivity index (χ4n) is 2.38. The van der Waals surface area contributed by atoms with Gasteiger partial charge in [0.15, 0.2) is 0 Å². The highest BCUT2D eigenvalue weighted by Gasteiger charge is 2.21. The Morgan fingerprint density at radius 2 is 2.16 bits per heavy atom. The number of hydrogen-bond acceptors (Lipinski definition) is 5. The van der Waals surface area contributed by atoms with Gasteiger partial charge in [0.1, 0.15) is 0 Å². The molecule has 0 radical (unpaired) electrons. The largest absolute Gasteiger partial charge is 0.398 e. The van der Waals surface area contributed by atoms with E-state index in [-0.39, 0.29) is 5.82 Å². The van der Waals surface area contributed by atoms with Crippen LogP contribution in [0.4, 0.5) is 11.5 Å². The molecule has 0 saturated heterocycles. The van der Waals surface area contributed by atoms with Crippen molar-refractivity contribution >= 4 is 11.5 Å². The molecule has 7 nitrogen and oxygen atoms in total. The molecule has 0 unspecified atom stereocenters. The number of H-pyrrole nitrogens is 2. The van der Waals surface area contributed by atoms with Crippen molar-refractivity contribution in [2.24, 2.45) is 0 Å². The lowest BCUT2D eigenvalue weighted by Crippen LogP contribution is -2.38. The molecule has 1 aliphatic rings. The van der Waals surface area contributed by atoms with Gasteiger partial charge < -0.3 is 10.6 Å². The highest BCUT2D eigenvalue weighted by Crippen LogP contribution is 2.25. The van der Waals surface area contributed by atoms with E-state index in [1.807, 2.05) is 23.1 Å². The van der Waals surface area contributed by atoms with Crippen molar-refractivity contribution in [1.82, 2.24) is 15.2 Å². The number of fused-ring (bicyclic) bond motifs is 1. The molecule has 0 saturated carbocycles. The van der Waals surface area contributed by atoms with E-state index in [4.69, 9.17) is 5.73 Å². The first kappa shape index (κ1) is 11.5. The normalized spacial score (nSPS) is 14.2. The lowest BCUT2D eigenvalue weighted by atomic mass is 9.98. The van der Waals surface area contributed by atoms with Crippen LogP contribution in [0.2, 0.25) is 0 Å². The van der Waals surface area contributed by atoms with Crippen LogP contribution in [0.25, 0.3) is 0 Å². The fourth-order valence-corrected chi connectivity index (χ4v) is 2.38. The molecule has 0 fully saturated rings. The zero-order chi connectivity index (χ0) is 13.4. The number of nitrogen functional groups attached to an aromatic ring is 1. The second-order valence-corrected chi connectivity index (χ2v) is 4.49. The highest BCUT2D eigenvalue weighted by atomic mass is 16.2.